The maximum Gasteiger partial charge on any atom is 0.306 e. The second-order valence-electron chi connectivity index (χ2n) is 4.24. The Kier molecular flexibility index (Phi) is 2.24. The van der Waals surface area contributed by atoms with Gasteiger partial charge in [0.15, 0.2) is 0 Å². The third kappa shape index (κ3) is 1.67. The lowest BCUT2D eigenvalue weighted by atomic mass is 9.94. The highest BCUT2D eigenvalue weighted by Crippen LogP contribution is 2.41. The fraction of sp³-hybridized carbons (Fsp3) is 0.889. The first-order valence-electron chi connectivity index (χ1n) is 4.73. The fourth-order valence-electron chi connectivity index (χ4n) is 2.58. The van der Waals surface area contributed by atoms with Crippen LogP contribution in [0.3, 0.4) is 0 Å². The second kappa shape index (κ2) is 3.14. The Morgan fingerprint density at radius 3 is 2.77 bits per heavy atom. The van der Waals surface area contributed by atoms with Crippen molar-refractivity contribution < 1.29 is 9.90 Å². The summed E-state index contributed by atoms with van der Waals surface area (Å²) in [5, 5.41) is 12.4. The Morgan fingerprint density at radius 1 is 1.54 bits per heavy atom. The van der Waals surface area contributed by atoms with E-state index in [2.05, 4.69) is 5.32 Å². The second-order valence-corrected chi connectivity index (χ2v) is 4.86. The van der Waals surface area contributed by atoms with Crippen LogP contribution in [-0.4, -0.2) is 28.5 Å². The molecule has 1 saturated carbocycles. The molecule has 0 aromatic carbocycles. The molecule has 2 fully saturated rings. The van der Waals surface area contributed by atoms with Gasteiger partial charge in [-0.05, 0) is 25.7 Å². The van der Waals surface area contributed by atoms with Crippen LogP contribution in [0.1, 0.15) is 25.7 Å². The number of nitrogens with one attached hydrogen (secondary N) is 1. The molecule has 3 nitrogen and oxygen atoms in total. The molecule has 1 aliphatic carbocycles. The third-order valence-corrected chi connectivity index (χ3v) is 3.58. The van der Waals surface area contributed by atoms with Crippen LogP contribution in [0, 0.1) is 5.92 Å². The molecule has 0 amide bonds. The molecular weight excluding hydrogens is 190 g/mol. The zero-order valence-electron chi connectivity index (χ0n) is 7.42. The Bertz CT molecular complexity index is 234. The van der Waals surface area contributed by atoms with E-state index in [1.54, 1.807) is 0 Å². The monoisotopic (exact) mass is 203 g/mol. The fourth-order valence-corrected chi connectivity index (χ4v) is 2.95. The standard InChI is InChI=1S/C9H14ClNO2/c10-7-4-9(11-5-7)2-1-6(3-9)8(12)13/h6-7,11H,1-5H2,(H,12,13). The Balaban J connectivity index is 2.01. The lowest BCUT2D eigenvalue weighted by molar-refractivity contribution is -0.141. The van der Waals surface area contributed by atoms with E-state index in [9.17, 15) is 4.79 Å². The van der Waals surface area contributed by atoms with E-state index < -0.39 is 5.97 Å². The van der Waals surface area contributed by atoms with Crippen molar-refractivity contribution in [2.45, 2.75) is 36.6 Å². The minimum absolute atomic E-state index is 0.0511. The maximum absolute atomic E-state index is 10.8. The van der Waals surface area contributed by atoms with Crippen molar-refractivity contribution in [1.29, 1.82) is 0 Å². The average molecular weight is 204 g/mol. The number of alkyl halides is 1. The van der Waals surface area contributed by atoms with E-state index in [1.807, 2.05) is 0 Å². The van der Waals surface area contributed by atoms with Gasteiger partial charge in [0, 0.05) is 17.5 Å². The van der Waals surface area contributed by atoms with Gasteiger partial charge in [0.25, 0.3) is 0 Å². The van der Waals surface area contributed by atoms with Gasteiger partial charge in [-0.25, -0.2) is 0 Å². The number of carboxylic acids is 1. The molecule has 13 heavy (non-hydrogen) atoms. The molecule has 1 heterocycles. The van der Waals surface area contributed by atoms with E-state index in [0.717, 1.165) is 32.2 Å². The van der Waals surface area contributed by atoms with E-state index in [-0.39, 0.29) is 16.8 Å². The normalized spacial score (nSPS) is 44.4. The third-order valence-electron chi connectivity index (χ3n) is 3.27. The van der Waals surface area contributed by atoms with Crippen molar-refractivity contribution >= 4 is 17.6 Å². The van der Waals surface area contributed by atoms with Gasteiger partial charge in [0.1, 0.15) is 0 Å². The van der Waals surface area contributed by atoms with E-state index in [0.29, 0.717) is 0 Å². The number of carbonyl (C=O) groups is 1. The number of rotatable bonds is 1. The number of carboxylic acid groups (broad SMARTS) is 1. The molecule has 0 radical (unpaired) electrons. The summed E-state index contributed by atoms with van der Waals surface area (Å²) in [4.78, 5) is 10.8. The van der Waals surface area contributed by atoms with Crippen molar-refractivity contribution in [2.24, 2.45) is 5.92 Å². The molecular formula is C9H14ClNO2. The molecule has 1 saturated heterocycles. The maximum atomic E-state index is 10.8. The largest absolute Gasteiger partial charge is 0.481 e. The average Bonchev–Trinajstić information content (AvgIpc) is 2.61. The molecule has 74 valence electrons. The van der Waals surface area contributed by atoms with Crippen molar-refractivity contribution in [1.82, 2.24) is 5.32 Å². The minimum atomic E-state index is -0.656. The summed E-state index contributed by atoms with van der Waals surface area (Å²) < 4.78 is 0. The Hall–Kier alpha value is -0.280. The topological polar surface area (TPSA) is 49.3 Å². The quantitative estimate of drug-likeness (QED) is 0.630. The highest BCUT2D eigenvalue weighted by atomic mass is 35.5. The summed E-state index contributed by atoms with van der Waals surface area (Å²) in [6.45, 7) is 0.827. The highest BCUT2D eigenvalue weighted by Gasteiger charge is 2.45. The molecule has 3 unspecified atom stereocenters. The lowest BCUT2D eigenvalue weighted by Gasteiger charge is -2.22. The molecule has 2 aliphatic rings. The first-order valence-corrected chi connectivity index (χ1v) is 5.17. The molecule has 1 spiro atoms. The number of hydrogen-bond acceptors (Lipinski definition) is 2. The number of aliphatic carboxylic acids is 1. The van der Waals surface area contributed by atoms with Crippen LogP contribution >= 0.6 is 11.6 Å². The van der Waals surface area contributed by atoms with Gasteiger partial charge in [0.2, 0.25) is 0 Å². The molecule has 4 heteroatoms. The van der Waals surface area contributed by atoms with Crippen LogP contribution in [0.2, 0.25) is 0 Å². The molecule has 2 rings (SSSR count). The van der Waals surface area contributed by atoms with Gasteiger partial charge in [-0.2, -0.15) is 0 Å². The summed E-state index contributed by atoms with van der Waals surface area (Å²) in [7, 11) is 0. The van der Waals surface area contributed by atoms with Crippen molar-refractivity contribution in [3.63, 3.8) is 0 Å². The van der Waals surface area contributed by atoms with Crippen LogP contribution in [-0.2, 0) is 4.79 Å². The summed E-state index contributed by atoms with van der Waals surface area (Å²) in [5.41, 5.74) is 0.0511. The zero-order chi connectivity index (χ0) is 9.47. The first kappa shape index (κ1) is 9.28. The molecule has 3 atom stereocenters. The van der Waals surface area contributed by atoms with Crippen molar-refractivity contribution in [3.8, 4) is 0 Å². The highest BCUT2D eigenvalue weighted by molar-refractivity contribution is 6.21. The minimum Gasteiger partial charge on any atom is -0.481 e. The van der Waals surface area contributed by atoms with Crippen molar-refractivity contribution in [2.75, 3.05) is 6.54 Å². The van der Waals surface area contributed by atoms with Crippen LogP contribution in [0.15, 0.2) is 0 Å². The predicted octanol–water partition coefficient (Wildman–Crippen LogP) is 1.21. The van der Waals surface area contributed by atoms with Crippen LogP contribution in [0.25, 0.3) is 0 Å². The van der Waals surface area contributed by atoms with E-state index >= 15 is 0 Å². The molecule has 0 bridgehead atoms. The number of halogens is 1. The molecule has 0 aromatic heterocycles. The number of hydrogen-bond donors (Lipinski definition) is 2. The smallest absolute Gasteiger partial charge is 0.306 e. The summed E-state index contributed by atoms with van der Waals surface area (Å²) in [6.07, 6.45) is 3.45. The zero-order valence-corrected chi connectivity index (χ0v) is 8.18. The SMILES string of the molecule is O=C(O)C1CCC2(CC(Cl)CN2)C1. The van der Waals surface area contributed by atoms with Crippen molar-refractivity contribution in [3.05, 3.63) is 0 Å². The van der Waals surface area contributed by atoms with Gasteiger partial charge in [-0.1, -0.05) is 0 Å². The molecule has 1 aliphatic heterocycles. The summed E-state index contributed by atoms with van der Waals surface area (Å²) >= 11 is 6.00. The van der Waals surface area contributed by atoms with Crippen LogP contribution in [0.4, 0.5) is 0 Å². The van der Waals surface area contributed by atoms with Gasteiger partial charge < -0.3 is 10.4 Å². The van der Waals surface area contributed by atoms with Crippen LogP contribution in [0.5, 0.6) is 0 Å². The molecule has 0 aromatic rings. The van der Waals surface area contributed by atoms with Gasteiger partial charge in [0.05, 0.1) is 5.92 Å². The van der Waals surface area contributed by atoms with E-state index in [1.165, 1.54) is 0 Å². The van der Waals surface area contributed by atoms with Gasteiger partial charge >= 0.3 is 5.97 Å². The van der Waals surface area contributed by atoms with Gasteiger partial charge in [-0.3, -0.25) is 4.79 Å². The summed E-state index contributed by atoms with van der Waals surface area (Å²) in [6, 6.07) is 0. The lowest BCUT2D eigenvalue weighted by Crippen LogP contribution is -2.37. The Morgan fingerprint density at radius 2 is 2.31 bits per heavy atom. The first-order chi connectivity index (χ1) is 6.11. The Labute approximate surface area is 82.5 Å². The van der Waals surface area contributed by atoms with Gasteiger partial charge in [-0.15, -0.1) is 11.6 Å². The van der Waals surface area contributed by atoms with E-state index in [4.69, 9.17) is 16.7 Å². The summed E-state index contributed by atoms with van der Waals surface area (Å²) in [5.74, 6) is -0.814. The molecule has 2 N–H and O–H groups in total. The predicted molar refractivity (Wildman–Crippen MR) is 50.0 cm³/mol. The van der Waals surface area contributed by atoms with Crippen LogP contribution < -0.4 is 5.32 Å².